The quantitative estimate of drug-likeness (QED) is 0.732. The average Bonchev–Trinajstić information content (AvgIpc) is 3.01. The molecule has 0 spiro atoms. The molecule has 4 rings (SSSR count). The minimum Gasteiger partial charge on any atom is -0.493 e. The van der Waals surface area contributed by atoms with Crippen LogP contribution in [0.25, 0.3) is 5.69 Å². The molecule has 1 N–H and O–H groups in total. The number of aromatic nitrogens is 2. The Kier molecular flexibility index (Phi) is 4.53. The number of ether oxygens (including phenoxy) is 3. The van der Waals surface area contributed by atoms with Crippen LogP contribution in [0.2, 0.25) is 0 Å². The number of anilines is 1. The lowest BCUT2D eigenvalue weighted by Gasteiger charge is -2.33. The van der Waals surface area contributed by atoms with E-state index < -0.39 is 6.17 Å². The van der Waals surface area contributed by atoms with Crippen LogP contribution in [0, 0.1) is 20.8 Å². The first-order valence-corrected chi connectivity index (χ1v) is 9.38. The number of hydrogen-bond donors (Lipinski definition) is 1. The van der Waals surface area contributed by atoms with Gasteiger partial charge in [-0.2, -0.15) is 0 Å². The van der Waals surface area contributed by atoms with Gasteiger partial charge in [0.15, 0.2) is 11.5 Å². The molecule has 0 saturated heterocycles. The van der Waals surface area contributed by atoms with E-state index in [0.717, 1.165) is 22.6 Å². The summed E-state index contributed by atoms with van der Waals surface area (Å²) >= 11 is 0. The summed E-state index contributed by atoms with van der Waals surface area (Å²) in [5, 5.41) is 3.52. The van der Waals surface area contributed by atoms with Crippen molar-refractivity contribution in [2.24, 2.45) is 0 Å². The van der Waals surface area contributed by atoms with Gasteiger partial charge < -0.3 is 19.5 Å². The van der Waals surface area contributed by atoms with Crippen molar-refractivity contribution in [3.05, 3.63) is 63.1 Å². The van der Waals surface area contributed by atoms with E-state index in [2.05, 4.69) is 31.3 Å². The summed E-state index contributed by atoms with van der Waals surface area (Å²) in [5.41, 5.74) is 5.88. The molecule has 7 nitrogen and oxygen atoms in total. The highest BCUT2D eigenvalue weighted by atomic mass is 16.5. The molecule has 0 saturated carbocycles. The van der Waals surface area contributed by atoms with Crippen LogP contribution in [0.3, 0.4) is 0 Å². The number of nitrogens with zero attached hydrogens (tertiary/aromatic N) is 2. The van der Waals surface area contributed by atoms with Crippen LogP contribution < -0.4 is 25.1 Å². The summed E-state index contributed by atoms with van der Waals surface area (Å²) in [6.07, 6.45) is -0.431. The zero-order valence-corrected chi connectivity index (χ0v) is 17.5. The second kappa shape index (κ2) is 6.92. The van der Waals surface area contributed by atoms with Crippen molar-refractivity contribution in [3.63, 3.8) is 0 Å². The molecule has 0 amide bonds. The van der Waals surface area contributed by atoms with Gasteiger partial charge in [0.2, 0.25) is 5.75 Å². The largest absolute Gasteiger partial charge is 0.493 e. The molecule has 0 bridgehead atoms. The maximum absolute atomic E-state index is 12.9. The molecule has 1 atom stereocenters. The van der Waals surface area contributed by atoms with E-state index in [1.54, 1.807) is 32.1 Å². The van der Waals surface area contributed by atoms with Crippen molar-refractivity contribution in [2.75, 3.05) is 26.6 Å². The molecule has 1 unspecified atom stereocenters. The molecule has 1 aliphatic heterocycles. The van der Waals surface area contributed by atoms with Gasteiger partial charge >= 0.3 is 0 Å². The minimum atomic E-state index is -0.431. The molecule has 1 aromatic heterocycles. The molecule has 2 aromatic carbocycles. The molecule has 0 radical (unpaired) electrons. The first-order valence-electron chi connectivity index (χ1n) is 9.38. The van der Waals surface area contributed by atoms with Crippen LogP contribution >= 0.6 is 0 Å². The summed E-state index contributed by atoms with van der Waals surface area (Å²) in [6.45, 7) is 6.09. The van der Waals surface area contributed by atoms with Crippen molar-refractivity contribution >= 4 is 5.69 Å². The van der Waals surface area contributed by atoms with Gasteiger partial charge in [-0.25, -0.2) is 4.68 Å². The minimum absolute atomic E-state index is 0.0855. The van der Waals surface area contributed by atoms with Crippen molar-refractivity contribution < 1.29 is 14.2 Å². The Bertz CT molecular complexity index is 1130. The zero-order valence-electron chi connectivity index (χ0n) is 17.5. The zero-order chi connectivity index (χ0) is 20.9. The van der Waals surface area contributed by atoms with Gasteiger partial charge in [0.05, 0.1) is 32.7 Å². The number of nitrogens with one attached hydrogen (secondary N) is 1. The van der Waals surface area contributed by atoms with Crippen molar-refractivity contribution in [1.29, 1.82) is 0 Å². The van der Waals surface area contributed by atoms with Gasteiger partial charge in [-0.1, -0.05) is 0 Å². The van der Waals surface area contributed by atoms with Crippen molar-refractivity contribution in [1.82, 2.24) is 9.36 Å². The highest BCUT2D eigenvalue weighted by Gasteiger charge is 2.29. The topological polar surface area (TPSA) is 66.7 Å². The normalized spacial score (nSPS) is 14.6. The molecular weight excluding hydrogens is 370 g/mol. The fraction of sp³-hybridized carbons (Fsp3) is 0.318. The second-order valence-corrected chi connectivity index (χ2v) is 7.24. The standard InChI is InChI=1S/C22H25N3O4/c1-12-7-16-17(8-13(12)2)24-14(3)9-20(26)25(24)22(23-16)15-10-18(27-4)21(29-6)19(11-15)28-5/h7-11,22-23H,1-6H3. The first-order chi connectivity index (χ1) is 13.9. The fourth-order valence-corrected chi connectivity index (χ4v) is 3.91. The average molecular weight is 395 g/mol. The summed E-state index contributed by atoms with van der Waals surface area (Å²) in [5.74, 6) is 1.59. The van der Waals surface area contributed by atoms with E-state index in [9.17, 15) is 4.79 Å². The Morgan fingerprint density at radius 3 is 2.07 bits per heavy atom. The molecule has 2 heterocycles. The number of aryl methyl sites for hydroxylation is 3. The number of rotatable bonds is 4. The van der Waals surface area contributed by atoms with E-state index in [1.807, 2.05) is 23.7 Å². The SMILES string of the molecule is COc1cc(C2Nc3cc(C)c(C)cc3-n3c(C)cc(=O)n32)cc(OC)c1OC. The van der Waals surface area contributed by atoms with Gasteiger partial charge in [-0.3, -0.25) is 9.48 Å². The Hall–Kier alpha value is -3.35. The van der Waals surface area contributed by atoms with Crippen molar-refractivity contribution in [3.8, 4) is 22.9 Å². The van der Waals surface area contributed by atoms with E-state index >= 15 is 0 Å². The highest BCUT2D eigenvalue weighted by Crippen LogP contribution is 2.42. The number of fused-ring (bicyclic) bond motifs is 3. The molecule has 152 valence electrons. The predicted octanol–water partition coefficient (Wildman–Crippen LogP) is 3.56. The molecule has 29 heavy (non-hydrogen) atoms. The molecule has 1 aliphatic rings. The summed E-state index contributed by atoms with van der Waals surface area (Å²) in [7, 11) is 4.73. The van der Waals surface area contributed by atoms with E-state index in [-0.39, 0.29) is 5.56 Å². The van der Waals surface area contributed by atoms with Crippen LogP contribution in [0.4, 0.5) is 5.69 Å². The third kappa shape index (κ3) is 2.85. The van der Waals surface area contributed by atoms with Crippen LogP contribution in [-0.4, -0.2) is 30.7 Å². The molecule has 0 aliphatic carbocycles. The summed E-state index contributed by atoms with van der Waals surface area (Å²) in [6, 6.07) is 9.60. The van der Waals surface area contributed by atoms with Crippen LogP contribution in [0.5, 0.6) is 17.2 Å². The van der Waals surface area contributed by atoms with E-state index in [1.165, 1.54) is 11.1 Å². The number of hydrogen-bond acceptors (Lipinski definition) is 5. The van der Waals surface area contributed by atoms with Crippen LogP contribution in [-0.2, 0) is 0 Å². The summed E-state index contributed by atoms with van der Waals surface area (Å²) in [4.78, 5) is 12.9. The van der Waals surface area contributed by atoms with Gasteiger partial charge in [0, 0.05) is 17.3 Å². The van der Waals surface area contributed by atoms with Gasteiger partial charge in [0.25, 0.3) is 5.56 Å². The number of methoxy groups -OCH3 is 3. The van der Waals surface area contributed by atoms with Gasteiger partial charge in [-0.15, -0.1) is 0 Å². The Balaban J connectivity index is 1.97. The first kappa shape index (κ1) is 19.0. The third-order valence-electron chi connectivity index (χ3n) is 5.49. The highest BCUT2D eigenvalue weighted by molar-refractivity contribution is 5.67. The lowest BCUT2D eigenvalue weighted by Crippen LogP contribution is -2.36. The van der Waals surface area contributed by atoms with Gasteiger partial charge in [-0.05, 0) is 56.2 Å². The maximum atomic E-state index is 12.9. The van der Waals surface area contributed by atoms with Crippen LogP contribution in [0.15, 0.2) is 35.1 Å². The van der Waals surface area contributed by atoms with Crippen molar-refractivity contribution in [2.45, 2.75) is 26.9 Å². The monoisotopic (exact) mass is 395 g/mol. The van der Waals surface area contributed by atoms with E-state index in [4.69, 9.17) is 14.2 Å². The molecular formula is C22H25N3O4. The molecule has 3 aromatic rings. The smallest absolute Gasteiger partial charge is 0.269 e. The fourth-order valence-electron chi connectivity index (χ4n) is 3.91. The van der Waals surface area contributed by atoms with Crippen LogP contribution in [0.1, 0.15) is 28.6 Å². The second-order valence-electron chi connectivity index (χ2n) is 7.24. The lowest BCUT2D eigenvalue weighted by molar-refractivity contribution is 0.322. The third-order valence-corrected chi connectivity index (χ3v) is 5.49. The Labute approximate surface area is 169 Å². The number of benzene rings is 2. The maximum Gasteiger partial charge on any atom is 0.269 e. The molecule has 0 fully saturated rings. The summed E-state index contributed by atoms with van der Waals surface area (Å²) < 4.78 is 20.1. The van der Waals surface area contributed by atoms with E-state index in [0.29, 0.717) is 17.2 Å². The Morgan fingerprint density at radius 1 is 0.862 bits per heavy atom. The molecule has 7 heteroatoms. The lowest BCUT2D eigenvalue weighted by atomic mass is 10.0. The Morgan fingerprint density at radius 2 is 1.48 bits per heavy atom. The van der Waals surface area contributed by atoms with Gasteiger partial charge in [0.1, 0.15) is 6.17 Å². The predicted molar refractivity (Wildman–Crippen MR) is 112 cm³/mol.